The molecule has 0 bridgehead atoms. The minimum absolute atomic E-state index is 0.185. The second-order valence-electron chi connectivity index (χ2n) is 3.73. The summed E-state index contributed by atoms with van der Waals surface area (Å²) in [6.07, 6.45) is -0.530. The number of nitriles is 1. The van der Waals surface area contributed by atoms with Gasteiger partial charge in [-0.1, -0.05) is 20.8 Å². The van der Waals surface area contributed by atoms with Crippen molar-refractivity contribution >= 4 is 0 Å². The average Bonchev–Trinajstić information content (AvgIpc) is 1.83. The molecule has 1 N–H and O–H groups in total. The van der Waals surface area contributed by atoms with Gasteiger partial charge in [0.05, 0.1) is 18.1 Å². The summed E-state index contributed by atoms with van der Waals surface area (Å²) in [5.41, 5.74) is -0.185. The van der Waals surface area contributed by atoms with Gasteiger partial charge in [-0.3, -0.25) is 0 Å². The van der Waals surface area contributed by atoms with Crippen molar-refractivity contribution in [2.24, 2.45) is 11.3 Å². The minimum atomic E-state index is -0.530. The molecule has 0 fully saturated rings. The number of hydrogen-bond donors (Lipinski definition) is 1. The summed E-state index contributed by atoms with van der Waals surface area (Å²) in [6, 6.07) is 2.02. The fourth-order valence-electron chi connectivity index (χ4n) is 0.821. The second kappa shape index (κ2) is 3.03. The van der Waals surface area contributed by atoms with Crippen LogP contribution in [0.5, 0.6) is 0 Å². The lowest BCUT2D eigenvalue weighted by atomic mass is 9.83. The maximum atomic E-state index is 9.43. The summed E-state index contributed by atoms with van der Waals surface area (Å²) >= 11 is 0. The molecule has 2 nitrogen and oxygen atoms in total. The maximum absolute atomic E-state index is 9.43. The molecular formula is C8H15NO. The third-order valence-electron chi connectivity index (χ3n) is 1.56. The first-order chi connectivity index (χ1) is 4.39. The Morgan fingerprint density at radius 3 is 1.90 bits per heavy atom. The van der Waals surface area contributed by atoms with Crippen LogP contribution in [-0.2, 0) is 0 Å². The van der Waals surface area contributed by atoms with Crippen molar-refractivity contribution in [2.75, 3.05) is 0 Å². The van der Waals surface area contributed by atoms with E-state index in [1.54, 1.807) is 6.92 Å². The molecule has 0 aromatic heterocycles. The Kier molecular flexibility index (Phi) is 2.86. The summed E-state index contributed by atoms with van der Waals surface area (Å²) in [4.78, 5) is 0. The van der Waals surface area contributed by atoms with E-state index in [4.69, 9.17) is 5.26 Å². The highest BCUT2D eigenvalue weighted by atomic mass is 16.3. The lowest BCUT2D eigenvalue weighted by Gasteiger charge is -2.27. The van der Waals surface area contributed by atoms with E-state index in [2.05, 4.69) is 0 Å². The zero-order valence-electron chi connectivity index (χ0n) is 7.05. The molecule has 58 valence electrons. The van der Waals surface area contributed by atoms with Crippen LogP contribution in [-0.4, -0.2) is 11.2 Å². The molecule has 0 saturated carbocycles. The van der Waals surface area contributed by atoms with E-state index >= 15 is 0 Å². The van der Waals surface area contributed by atoms with Crippen molar-refractivity contribution in [3.8, 4) is 6.07 Å². The first-order valence-corrected chi connectivity index (χ1v) is 3.47. The number of aliphatic hydroxyl groups is 1. The van der Waals surface area contributed by atoms with Crippen LogP contribution < -0.4 is 0 Å². The topological polar surface area (TPSA) is 44.0 Å². The highest BCUT2D eigenvalue weighted by Gasteiger charge is 2.27. The van der Waals surface area contributed by atoms with Crippen molar-refractivity contribution in [2.45, 2.75) is 33.8 Å². The zero-order chi connectivity index (χ0) is 8.36. The zero-order valence-corrected chi connectivity index (χ0v) is 7.05. The summed E-state index contributed by atoms with van der Waals surface area (Å²) in [5, 5.41) is 17.9. The highest BCUT2D eigenvalue weighted by molar-refractivity contribution is 4.90. The van der Waals surface area contributed by atoms with Crippen LogP contribution in [0.1, 0.15) is 27.7 Å². The van der Waals surface area contributed by atoms with Crippen LogP contribution in [0.4, 0.5) is 0 Å². The quantitative estimate of drug-likeness (QED) is 0.602. The highest BCUT2D eigenvalue weighted by Crippen LogP contribution is 2.24. The fourth-order valence-corrected chi connectivity index (χ4v) is 0.821. The maximum Gasteiger partial charge on any atom is 0.0743 e. The van der Waals surface area contributed by atoms with E-state index in [9.17, 15) is 5.11 Å². The van der Waals surface area contributed by atoms with Gasteiger partial charge in [0.25, 0.3) is 0 Å². The Labute approximate surface area is 62.5 Å². The molecule has 0 aromatic carbocycles. The number of aliphatic hydroxyl groups excluding tert-OH is 1. The second-order valence-corrected chi connectivity index (χ2v) is 3.73. The van der Waals surface area contributed by atoms with Gasteiger partial charge in [0.15, 0.2) is 0 Å². The Bertz CT molecular complexity index is 140. The van der Waals surface area contributed by atoms with Crippen LogP contribution in [0.15, 0.2) is 0 Å². The molecule has 0 heterocycles. The molecular weight excluding hydrogens is 126 g/mol. The van der Waals surface area contributed by atoms with Gasteiger partial charge in [-0.2, -0.15) is 5.26 Å². The number of rotatable bonds is 1. The molecule has 0 rings (SSSR count). The first kappa shape index (κ1) is 9.45. The molecule has 0 spiro atoms. The molecule has 0 aliphatic carbocycles. The molecule has 2 atom stereocenters. The van der Waals surface area contributed by atoms with Gasteiger partial charge in [0.1, 0.15) is 0 Å². The summed E-state index contributed by atoms with van der Waals surface area (Å²) in [7, 11) is 0. The van der Waals surface area contributed by atoms with Crippen LogP contribution >= 0.6 is 0 Å². The van der Waals surface area contributed by atoms with E-state index in [1.165, 1.54) is 0 Å². The first-order valence-electron chi connectivity index (χ1n) is 3.47. The molecule has 0 aliphatic rings. The van der Waals surface area contributed by atoms with E-state index in [-0.39, 0.29) is 11.3 Å². The van der Waals surface area contributed by atoms with Crippen molar-refractivity contribution < 1.29 is 5.11 Å². The molecule has 0 radical (unpaired) electrons. The van der Waals surface area contributed by atoms with Gasteiger partial charge < -0.3 is 5.11 Å². The molecule has 0 aromatic rings. The van der Waals surface area contributed by atoms with Gasteiger partial charge in [0, 0.05) is 0 Å². The average molecular weight is 141 g/mol. The third-order valence-corrected chi connectivity index (χ3v) is 1.56. The molecule has 0 aliphatic heterocycles. The fraction of sp³-hybridized carbons (Fsp3) is 0.875. The van der Waals surface area contributed by atoms with Gasteiger partial charge in [0.2, 0.25) is 0 Å². The Morgan fingerprint density at radius 2 is 1.80 bits per heavy atom. The van der Waals surface area contributed by atoms with Crippen molar-refractivity contribution in [3.63, 3.8) is 0 Å². The van der Waals surface area contributed by atoms with Crippen LogP contribution in [0.25, 0.3) is 0 Å². The van der Waals surface area contributed by atoms with Crippen molar-refractivity contribution in [1.82, 2.24) is 0 Å². The van der Waals surface area contributed by atoms with Gasteiger partial charge in [-0.15, -0.1) is 0 Å². The normalized spacial score (nSPS) is 17.6. The molecule has 2 unspecified atom stereocenters. The predicted octanol–water partition coefficient (Wildman–Crippen LogP) is 1.55. The van der Waals surface area contributed by atoms with Crippen molar-refractivity contribution in [1.29, 1.82) is 5.26 Å². The van der Waals surface area contributed by atoms with E-state index < -0.39 is 6.10 Å². The van der Waals surface area contributed by atoms with E-state index in [0.29, 0.717) is 0 Å². The molecule has 0 amide bonds. The largest absolute Gasteiger partial charge is 0.391 e. The predicted molar refractivity (Wildman–Crippen MR) is 40.2 cm³/mol. The third kappa shape index (κ3) is 2.36. The standard InChI is InChI=1S/C8H15NO/c1-6(5-9)7(10)8(2,3)4/h6-7,10H,1-4H3. The molecule has 10 heavy (non-hydrogen) atoms. The molecule has 2 heteroatoms. The van der Waals surface area contributed by atoms with Gasteiger partial charge in [-0.25, -0.2) is 0 Å². The Morgan fingerprint density at radius 1 is 1.40 bits per heavy atom. The number of hydrogen-bond acceptors (Lipinski definition) is 2. The molecule has 0 saturated heterocycles. The summed E-state index contributed by atoms with van der Waals surface area (Å²) in [6.45, 7) is 7.50. The SMILES string of the molecule is CC(C#N)C(O)C(C)(C)C. The van der Waals surface area contributed by atoms with Crippen molar-refractivity contribution in [3.05, 3.63) is 0 Å². The Balaban J connectivity index is 4.11. The number of nitrogens with zero attached hydrogens (tertiary/aromatic N) is 1. The summed E-state index contributed by atoms with van der Waals surface area (Å²) in [5.74, 6) is -0.278. The minimum Gasteiger partial charge on any atom is -0.391 e. The van der Waals surface area contributed by atoms with Gasteiger partial charge >= 0.3 is 0 Å². The Hall–Kier alpha value is -0.550. The summed E-state index contributed by atoms with van der Waals surface area (Å²) < 4.78 is 0. The lowest BCUT2D eigenvalue weighted by Crippen LogP contribution is -2.31. The smallest absolute Gasteiger partial charge is 0.0743 e. The van der Waals surface area contributed by atoms with E-state index in [1.807, 2.05) is 26.8 Å². The van der Waals surface area contributed by atoms with Gasteiger partial charge in [-0.05, 0) is 12.3 Å². The lowest BCUT2D eigenvalue weighted by molar-refractivity contribution is 0.0361. The van der Waals surface area contributed by atoms with E-state index in [0.717, 1.165) is 0 Å². The van der Waals surface area contributed by atoms with Crippen LogP contribution in [0.2, 0.25) is 0 Å². The van der Waals surface area contributed by atoms with Crippen LogP contribution in [0.3, 0.4) is 0 Å². The monoisotopic (exact) mass is 141 g/mol. The van der Waals surface area contributed by atoms with Crippen LogP contribution in [0, 0.1) is 22.7 Å².